The molecule has 0 aromatic heterocycles. The highest BCUT2D eigenvalue weighted by Gasteiger charge is 2.20. The number of rotatable bonds is 2. The fraction of sp³-hybridized carbons (Fsp3) is 0.333. The minimum Gasteiger partial charge on any atom is -0.502 e. The number of hydrogen-bond donors (Lipinski definition) is 1. The smallest absolute Gasteiger partial charge is 0.314 e. The Morgan fingerprint density at radius 2 is 2.08 bits per heavy atom. The second-order valence-electron chi connectivity index (χ2n) is 3.13. The second kappa shape index (κ2) is 3.43. The number of nitrogens with zero attached hydrogens (tertiary/aromatic N) is 1. The Morgan fingerprint density at radius 1 is 1.46 bits per heavy atom. The maximum atomic E-state index is 10.6. The van der Waals surface area contributed by atoms with Crippen LogP contribution in [0.1, 0.15) is 25.3 Å². The van der Waals surface area contributed by atoms with Crippen LogP contribution in [0.2, 0.25) is 0 Å². The van der Waals surface area contributed by atoms with E-state index in [0.717, 1.165) is 0 Å². The first-order valence-electron chi connectivity index (χ1n) is 4.00. The maximum Gasteiger partial charge on any atom is 0.314 e. The highest BCUT2D eigenvalue weighted by molar-refractivity contribution is 5.52. The zero-order valence-electron chi connectivity index (χ0n) is 7.52. The molecule has 0 amide bonds. The van der Waals surface area contributed by atoms with E-state index in [0.29, 0.717) is 5.56 Å². The van der Waals surface area contributed by atoms with Crippen molar-refractivity contribution in [3.8, 4) is 5.75 Å². The summed E-state index contributed by atoms with van der Waals surface area (Å²) in [5, 5.41) is 19.9. The van der Waals surface area contributed by atoms with E-state index in [1.165, 1.54) is 6.07 Å². The summed E-state index contributed by atoms with van der Waals surface area (Å²) in [4.78, 5) is 10.0. The predicted octanol–water partition coefficient (Wildman–Crippen LogP) is 2.42. The SMILES string of the molecule is CC(C)c1cccc(O)c1[N+](=O)[O-]. The minimum atomic E-state index is -0.551. The van der Waals surface area contributed by atoms with Gasteiger partial charge in [0.2, 0.25) is 0 Å². The number of nitro benzene ring substituents is 1. The average molecular weight is 181 g/mol. The van der Waals surface area contributed by atoms with Crippen LogP contribution < -0.4 is 0 Å². The fourth-order valence-corrected chi connectivity index (χ4v) is 1.21. The lowest BCUT2D eigenvalue weighted by Crippen LogP contribution is -1.97. The van der Waals surface area contributed by atoms with Gasteiger partial charge >= 0.3 is 5.69 Å². The van der Waals surface area contributed by atoms with Gasteiger partial charge in [-0.05, 0) is 12.0 Å². The molecule has 13 heavy (non-hydrogen) atoms. The normalized spacial score (nSPS) is 10.4. The monoisotopic (exact) mass is 181 g/mol. The molecule has 4 nitrogen and oxygen atoms in total. The molecule has 0 aliphatic carbocycles. The number of aromatic hydroxyl groups is 1. The van der Waals surface area contributed by atoms with Crippen molar-refractivity contribution in [1.82, 2.24) is 0 Å². The molecule has 0 radical (unpaired) electrons. The van der Waals surface area contributed by atoms with Crippen LogP contribution in [0.4, 0.5) is 5.69 Å². The van der Waals surface area contributed by atoms with E-state index in [1.54, 1.807) is 12.1 Å². The summed E-state index contributed by atoms with van der Waals surface area (Å²) in [6.07, 6.45) is 0. The third kappa shape index (κ3) is 1.77. The first-order valence-corrected chi connectivity index (χ1v) is 4.00. The molecule has 0 bridgehead atoms. The Hall–Kier alpha value is -1.58. The highest BCUT2D eigenvalue weighted by Crippen LogP contribution is 2.33. The van der Waals surface area contributed by atoms with Crippen LogP contribution in [0.15, 0.2) is 18.2 Å². The van der Waals surface area contributed by atoms with Gasteiger partial charge < -0.3 is 5.11 Å². The van der Waals surface area contributed by atoms with Gasteiger partial charge in [0.25, 0.3) is 0 Å². The molecule has 0 atom stereocenters. The fourth-order valence-electron chi connectivity index (χ4n) is 1.21. The molecule has 0 aliphatic rings. The van der Waals surface area contributed by atoms with Crippen molar-refractivity contribution in [2.45, 2.75) is 19.8 Å². The zero-order chi connectivity index (χ0) is 10.0. The van der Waals surface area contributed by atoms with E-state index in [-0.39, 0.29) is 17.4 Å². The Morgan fingerprint density at radius 3 is 2.46 bits per heavy atom. The Labute approximate surface area is 76.0 Å². The largest absolute Gasteiger partial charge is 0.502 e. The summed E-state index contributed by atoms with van der Waals surface area (Å²) in [7, 11) is 0. The van der Waals surface area contributed by atoms with Gasteiger partial charge in [-0.3, -0.25) is 10.1 Å². The summed E-state index contributed by atoms with van der Waals surface area (Å²) in [5.74, 6) is -0.233. The Kier molecular flexibility index (Phi) is 2.51. The quantitative estimate of drug-likeness (QED) is 0.562. The topological polar surface area (TPSA) is 63.4 Å². The molecule has 0 heterocycles. The predicted molar refractivity (Wildman–Crippen MR) is 48.9 cm³/mol. The molecule has 0 saturated heterocycles. The molecule has 0 fully saturated rings. The molecule has 1 rings (SSSR count). The van der Waals surface area contributed by atoms with E-state index in [9.17, 15) is 15.2 Å². The van der Waals surface area contributed by atoms with Gasteiger partial charge in [-0.25, -0.2) is 0 Å². The first kappa shape index (κ1) is 9.51. The number of phenolic OH excluding ortho intramolecular Hbond substituents is 1. The van der Waals surface area contributed by atoms with Gasteiger partial charge in [0.05, 0.1) is 4.92 Å². The number of hydrogen-bond acceptors (Lipinski definition) is 3. The number of nitro groups is 1. The number of phenols is 1. The summed E-state index contributed by atoms with van der Waals surface area (Å²) in [6, 6.07) is 4.59. The summed E-state index contributed by atoms with van der Waals surface area (Å²) >= 11 is 0. The van der Waals surface area contributed by atoms with Gasteiger partial charge in [-0.15, -0.1) is 0 Å². The molecule has 0 unspecified atom stereocenters. The third-order valence-electron chi connectivity index (χ3n) is 1.85. The molecule has 0 spiro atoms. The second-order valence-corrected chi connectivity index (χ2v) is 3.13. The standard InChI is InChI=1S/C9H11NO3/c1-6(2)7-4-3-5-8(11)9(7)10(12)13/h3-6,11H,1-2H3. The highest BCUT2D eigenvalue weighted by atomic mass is 16.6. The van der Waals surface area contributed by atoms with Gasteiger partial charge in [-0.1, -0.05) is 26.0 Å². The lowest BCUT2D eigenvalue weighted by atomic mass is 10.0. The molecule has 1 aromatic carbocycles. The van der Waals surface area contributed by atoms with Gasteiger partial charge in [0.15, 0.2) is 5.75 Å². The number of benzene rings is 1. The minimum absolute atomic E-state index is 0.0347. The summed E-state index contributed by atoms with van der Waals surface area (Å²) < 4.78 is 0. The van der Waals surface area contributed by atoms with Crippen LogP contribution >= 0.6 is 0 Å². The molecular weight excluding hydrogens is 170 g/mol. The average Bonchev–Trinajstić information content (AvgIpc) is 2.02. The van der Waals surface area contributed by atoms with Gasteiger partial charge in [0.1, 0.15) is 0 Å². The van der Waals surface area contributed by atoms with Crippen LogP contribution in [0.3, 0.4) is 0 Å². The van der Waals surface area contributed by atoms with E-state index >= 15 is 0 Å². The molecule has 0 saturated carbocycles. The van der Waals surface area contributed by atoms with E-state index < -0.39 is 4.92 Å². The molecule has 0 aliphatic heterocycles. The lowest BCUT2D eigenvalue weighted by molar-refractivity contribution is -0.386. The van der Waals surface area contributed by atoms with E-state index in [4.69, 9.17) is 0 Å². The van der Waals surface area contributed by atoms with Crippen molar-refractivity contribution >= 4 is 5.69 Å². The Bertz CT molecular complexity index is 334. The first-order chi connectivity index (χ1) is 6.04. The van der Waals surface area contributed by atoms with E-state index in [1.807, 2.05) is 13.8 Å². The number of para-hydroxylation sites is 1. The van der Waals surface area contributed by atoms with Crippen LogP contribution in [-0.2, 0) is 0 Å². The summed E-state index contributed by atoms with van der Waals surface area (Å²) in [5.41, 5.74) is 0.377. The van der Waals surface area contributed by atoms with Crippen molar-refractivity contribution in [2.24, 2.45) is 0 Å². The molecular formula is C9H11NO3. The molecule has 70 valence electrons. The molecule has 4 heteroatoms. The molecule has 1 N–H and O–H groups in total. The van der Waals surface area contributed by atoms with Crippen LogP contribution in [0.5, 0.6) is 5.75 Å². The lowest BCUT2D eigenvalue weighted by Gasteiger charge is -2.06. The molecule has 1 aromatic rings. The van der Waals surface area contributed by atoms with Crippen molar-refractivity contribution in [3.05, 3.63) is 33.9 Å². The van der Waals surface area contributed by atoms with Gasteiger partial charge in [-0.2, -0.15) is 0 Å². The zero-order valence-corrected chi connectivity index (χ0v) is 7.52. The van der Waals surface area contributed by atoms with Crippen molar-refractivity contribution in [2.75, 3.05) is 0 Å². The van der Waals surface area contributed by atoms with E-state index in [2.05, 4.69) is 0 Å². The van der Waals surface area contributed by atoms with Crippen LogP contribution in [-0.4, -0.2) is 10.0 Å². The summed E-state index contributed by atoms with van der Waals surface area (Å²) in [6.45, 7) is 3.70. The van der Waals surface area contributed by atoms with Crippen LogP contribution in [0.25, 0.3) is 0 Å². The van der Waals surface area contributed by atoms with Crippen LogP contribution in [0, 0.1) is 10.1 Å². The Balaban J connectivity index is 3.34. The van der Waals surface area contributed by atoms with Gasteiger partial charge in [0, 0.05) is 5.56 Å². The van der Waals surface area contributed by atoms with Crippen molar-refractivity contribution < 1.29 is 10.0 Å². The van der Waals surface area contributed by atoms with Crippen molar-refractivity contribution in [1.29, 1.82) is 0 Å². The maximum absolute atomic E-state index is 10.6. The third-order valence-corrected chi connectivity index (χ3v) is 1.85. The van der Waals surface area contributed by atoms with Crippen molar-refractivity contribution in [3.63, 3.8) is 0 Å².